The number of hydrogen-bond donors (Lipinski definition) is 2. The molecule has 1 aromatic heterocycles. The first-order valence-corrected chi connectivity index (χ1v) is 9.86. The van der Waals surface area contributed by atoms with Gasteiger partial charge in [0.2, 0.25) is 0 Å². The number of nitrogens with one attached hydrogen (secondary N) is 1. The van der Waals surface area contributed by atoms with Crippen LogP contribution in [0.1, 0.15) is 16.8 Å². The number of aliphatic hydroxyl groups is 1. The van der Waals surface area contributed by atoms with Crippen molar-refractivity contribution in [2.24, 2.45) is 0 Å². The van der Waals surface area contributed by atoms with E-state index in [-0.39, 0.29) is 12.2 Å². The second-order valence-electron chi connectivity index (χ2n) is 7.63. The molecule has 29 heavy (non-hydrogen) atoms. The van der Waals surface area contributed by atoms with E-state index < -0.39 is 6.10 Å². The highest BCUT2D eigenvalue weighted by Gasteiger charge is 2.19. The fraction of sp³-hybridized carbons (Fsp3) is 0.524. The molecule has 2 aromatic rings. The molecular formula is C21H30N4O4. The number of ether oxygens (including phenoxy) is 2. The van der Waals surface area contributed by atoms with Gasteiger partial charge >= 0.3 is 0 Å². The summed E-state index contributed by atoms with van der Waals surface area (Å²) in [4.78, 5) is 23.3. The maximum absolute atomic E-state index is 12.1. The van der Waals surface area contributed by atoms with Crippen LogP contribution in [0.2, 0.25) is 0 Å². The van der Waals surface area contributed by atoms with E-state index in [0.29, 0.717) is 19.5 Å². The van der Waals surface area contributed by atoms with Crippen LogP contribution in [0.5, 0.6) is 11.5 Å². The molecule has 8 heteroatoms. The Morgan fingerprint density at radius 2 is 2.10 bits per heavy atom. The summed E-state index contributed by atoms with van der Waals surface area (Å²) in [5.74, 6) is 1.50. The lowest BCUT2D eigenvalue weighted by atomic mass is 10.1. The largest absolute Gasteiger partial charge is 0.497 e. The van der Waals surface area contributed by atoms with E-state index in [1.807, 2.05) is 37.2 Å². The minimum absolute atomic E-state index is 0.0443. The molecule has 2 N–H and O–H groups in total. The molecule has 0 fully saturated rings. The molecule has 0 spiro atoms. The number of likely N-dealkylation sites (N-methyl/N-ethyl adjacent to an activating group) is 1. The van der Waals surface area contributed by atoms with Gasteiger partial charge in [0.15, 0.2) is 0 Å². The van der Waals surface area contributed by atoms with E-state index in [1.165, 1.54) is 6.33 Å². The molecule has 0 aliphatic carbocycles. The van der Waals surface area contributed by atoms with Crippen LogP contribution in [-0.4, -0.2) is 78.4 Å². The number of aliphatic hydroxyl groups excluding tert-OH is 1. The predicted molar refractivity (Wildman–Crippen MR) is 111 cm³/mol. The molecule has 0 amide bonds. The van der Waals surface area contributed by atoms with Crippen molar-refractivity contribution in [2.75, 3.05) is 47.4 Å². The molecule has 0 radical (unpaired) electrons. The fourth-order valence-electron chi connectivity index (χ4n) is 3.59. The lowest BCUT2D eigenvalue weighted by Gasteiger charge is -2.23. The Kier molecular flexibility index (Phi) is 7.24. The summed E-state index contributed by atoms with van der Waals surface area (Å²) in [6.07, 6.45) is 2.32. The van der Waals surface area contributed by atoms with Crippen LogP contribution in [0.3, 0.4) is 0 Å². The second kappa shape index (κ2) is 9.87. The number of nitrogens with zero attached hydrogens (tertiary/aromatic N) is 3. The van der Waals surface area contributed by atoms with Gasteiger partial charge < -0.3 is 24.5 Å². The molecule has 0 saturated heterocycles. The van der Waals surface area contributed by atoms with Crippen molar-refractivity contribution in [3.8, 4) is 11.5 Å². The summed E-state index contributed by atoms with van der Waals surface area (Å²) < 4.78 is 11.3. The Bertz CT molecular complexity index is 868. The number of H-pyrrole nitrogens is 1. The number of rotatable bonds is 8. The summed E-state index contributed by atoms with van der Waals surface area (Å²) >= 11 is 0. The van der Waals surface area contributed by atoms with Gasteiger partial charge in [-0.1, -0.05) is 0 Å². The minimum atomic E-state index is -0.564. The molecule has 1 aliphatic rings. The zero-order chi connectivity index (χ0) is 20.8. The molecule has 1 aliphatic heterocycles. The molecular weight excluding hydrogens is 372 g/mol. The lowest BCUT2D eigenvalue weighted by molar-refractivity contribution is 0.0822. The molecule has 1 aromatic carbocycles. The smallest absolute Gasteiger partial charge is 0.254 e. The van der Waals surface area contributed by atoms with Gasteiger partial charge in [0.1, 0.15) is 24.2 Å². The summed E-state index contributed by atoms with van der Waals surface area (Å²) in [6, 6.07) is 5.71. The molecule has 1 unspecified atom stereocenters. The van der Waals surface area contributed by atoms with Gasteiger partial charge in [-0.05, 0) is 38.7 Å². The third kappa shape index (κ3) is 5.79. The Hall–Kier alpha value is -2.42. The van der Waals surface area contributed by atoms with Gasteiger partial charge in [0, 0.05) is 43.7 Å². The van der Waals surface area contributed by atoms with Crippen LogP contribution in [0, 0.1) is 0 Å². The van der Waals surface area contributed by atoms with Gasteiger partial charge in [-0.15, -0.1) is 0 Å². The van der Waals surface area contributed by atoms with Crippen molar-refractivity contribution >= 4 is 0 Å². The number of aromatic amines is 1. The zero-order valence-corrected chi connectivity index (χ0v) is 17.4. The van der Waals surface area contributed by atoms with Crippen molar-refractivity contribution < 1.29 is 14.6 Å². The second-order valence-corrected chi connectivity index (χ2v) is 7.63. The van der Waals surface area contributed by atoms with Crippen LogP contribution in [-0.2, 0) is 19.4 Å². The number of hydrogen-bond acceptors (Lipinski definition) is 7. The summed E-state index contributed by atoms with van der Waals surface area (Å²) in [5.41, 5.74) is 2.61. The van der Waals surface area contributed by atoms with Crippen LogP contribution in [0.15, 0.2) is 29.3 Å². The van der Waals surface area contributed by atoms with Crippen molar-refractivity contribution in [1.29, 1.82) is 0 Å². The highest BCUT2D eigenvalue weighted by molar-refractivity contribution is 5.40. The van der Waals surface area contributed by atoms with Crippen molar-refractivity contribution in [1.82, 2.24) is 19.8 Å². The van der Waals surface area contributed by atoms with Crippen LogP contribution in [0.25, 0.3) is 0 Å². The molecule has 3 rings (SSSR count). The first-order valence-electron chi connectivity index (χ1n) is 9.86. The monoisotopic (exact) mass is 402 g/mol. The van der Waals surface area contributed by atoms with E-state index in [2.05, 4.69) is 14.9 Å². The van der Waals surface area contributed by atoms with Gasteiger partial charge in [-0.2, -0.15) is 0 Å². The molecule has 0 saturated carbocycles. The molecule has 8 nitrogen and oxygen atoms in total. The maximum atomic E-state index is 12.1. The first-order chi connectivity index (χ1) is 14.0. The van der Waals surface area contributed by atoms with Crippen LogP contribution in [0.4, 0.5) is 0 Å². The predicted octanol–water partition coefficient (Wildman–Crippen LogP) is 0.681. The summed E-state index contributed by atoms with van der Waals surface area (Å²) in [7, 11) is 5.47. The molecule has 1 atom stereocenters. The van der Waals surface area contributed by atoms with E-state index >= 15 is 0 Å². The Morgan fingerprint density at radius 1 is 1.31 bits per heavy atom. The third-order valence-electron chi connectivity index (χ3n) is 5.05. The quantitative estimate of drug-likeness (QED) is 0.671. The van der Waals surface area contributed by atoms with E-state index in [0.717, 1.165) is 47.8 Å². The molecule has 0 bridgehead atoms. The third-order valence-corrected chi connectivity index (χ3v) is 5.05. The summed E-state index contributed by atoms with van der Waals surface area (Å²) in [5, 5.41) is 10.1. The van der Waals surface area contributed by atoms with Gasteiger partial charge in [0.05, 0.1) is 19.1 Å². The van der Waals surface area contributed by atoms with Crippen LogP contribution < -0.4 is 15.0 Å². The Balaban J connectivity index is 1.70. The van der Waals surface area contributed by atoms with Gasteiger partial charge in [-0.25, -0.2) is 4.98 Å². The van der Waals surface area contributed by atoms with Crippen molar-refractivity contribution in [3.63, 3.8) is 0 Å². The summed E-state index contributed by atoms with van der Waals surface area (Å²) in [6.45, 7) is 3.01. The van der Waals surface area contributed by atoms with Crippen molar-refractivity contribution in [2.45, 2.75) is 25.5 Å². The highest BCUT2D eigenvalue weighted by Crippen LogP contribution is 2.26. The number of methoxy groups -OCH3 is 1. The van der Waals surface area contributed by atoms with Crippen LogP contribution >= 0.6 is 0 Å². The number of aromatic nitrogens is 2. The van der Waals surface area contributed by atoms with E-state index in [9.17, 15) is 9.90 Å². The van der Waals surface area contributed by atoms with Gasteiger partial charge in [0.25, 0.3) is 5.56 Å². The average Bonchev–Trinajstić information content (AvgIpc) is 2.90. The molecule has 2 heterocycles. The number of benzene rings is 1. The lowest BCUT2D eigenvalue weighted by Crippen LogP contribution is -2.31. The minimum Gasteiger partial charge on any atom is -0.497 e. The maximum Gasteiger partial charge on any atom is 0.254 e. The van der Waals surface area contributed by atoms with Gasteiger partial charge in [-0.3, -0.25) is 9.69 Å². The van der Waals surface area contributed by atoms with Crippen molar-refractivity contribution in [3.05, 3.63) is 51.7 Å². The Morgan fingerprint density at radius 3 is 2.86 bits per heavy atom. The zero-order valence-electron chi connectivity index (χ0n) is 17.4. The standard InChI is InChI=1S/C21H30N4O4/c1-24(2)12-16(26)13-29-20-5-4-17(28-3)10-15(20)11-25-8-6-18-19(7-9-25)22-14-23-21(18)27/h4-5,10,14,16,26H,6-9,11-13H2,1-3H3,(H,22,23,27). The number of fused-ring (bicyclic) bond motifs is 1. The van der Waals surface area contributed by atoms with E-state index in [4.69, 9.17) is 9.47 Å². The SMILES string of the molecule is COc1ccc(OCC(O)CN(C)C)c(CN2CCc3nc[nH]c(=O)c3CC2)c1. The normalized spacial score (nSPS) is 15.6. The molecule has 158 valence electrons. The van der Waals surface area contributed by atoms with E-state index in [1.54, 1.807) is 7.11 Å². The topological polar surface area (TPSA) is 90.9 Å². The average molecular weight is 402 g/mol. The highest BCUT2D eigenvalue weighted by atomic mass is 16.5. The Labute approximate surface area is 171 Å². The first kappa shape index (κ1) is 21.3. The fourth-order valence-corrected chi connectivity index (χ4v) is 3.59.